The zero-order valence-electron chi connectivity index (χ0n) is 8.19. The van der Waals surface area contributed by atoms with E-state index >= 15 is 0 Å². The molecule has 76 valence electrons. The monoisotopic (exact) mass is 201 g/mol. The molecule has 1 aromatic rings. The Morgan fingerprint density at radius 2 is 1.93 bits per heavy atom. The van der Waals surface area contributed by atoms with E-state index in [1.54, 1.807) is 12.1 Å². The van der Waals surface area contributed by atoms with Gasteiger partial charge >= 0.3 is 0 Å². The Hall–Kier alpha value is -1.90. The summed E-state index contributed by atoms with van der Waals surface area (Å²) in [7, 11) is 0. The molecule has 1 aliphatic rings. The molecule has 0 aromatic heterocycles. The zero-order valence-corrected chi connectivity index (χ0v) is 8.19. The maximum absolute atomic E-state index is 11.7. The van der Waals surface area contributed by atoms with Crippen molar-refractivity contribution < 1.29 is 9.59 Å². The molecule has 1 N–H and O–H groups in total. The molecular formula is C12H11NO2. The average molecular weight is 201 g/mol. The van der Waals surface area contributed by atoms with Crippen LogP contribution >= 0.6 is 0 Å². The first-order chi connectivity index (χ1) is 7.25. The third-order valence-corrected chi connectivity index (χ3v) is 2.29. The second kappa shape index (κ2) is 4.09. The lowest BCUT2D eigenvalue weighted by Gasteiger charge is -1.97. The Labute approximate surface area is 87.8 Å². The van der Waals surface area contributed by atoms with Crippen LogP contribution < -0.4 is 5.32 Å². The topological polar surface area (TPSA) is 46.2 Å². The molecule has 0 atom stereocenters. The molecule has 15 heavy (non-hydrogen) atoms. The summed E-state index contributed by atoms with van der Waals surface area (Å²) in [5.74, 6) is -0.0742. The highest BCUT2D eigenvalue weighted by Gasteiger charge is 2.15. The van der Waals surface area contributed by atoms with Gasteiger partial charge in [-0.15, -0.1) is 0 Å². The van der Waals surface area contributed by atoms with Crippen LogP contribution in [0, 0.1) is 0 Å². The van der Waals surface area contributed by atoms with Crippen LogP contribution in [0.1, 0.15) is 23.2 Å². The van der Waals surface area contributed by atoms with Crippen LogP contribution in [-0.2, 0) is 4.79 Å². The number of hydrogen-bond donors (Lipinski definition) is 1. The number of benzene rings is 1. The van der Waals surface area contributed by atoms with Crippen molar-refractivity contribution in [2.24, 2.45) is 0 Å². The summed E-state index contributed by atoms with van der Waals surface area (Å²) in [6.45, 7) is 0. The van der Waals surface area contributed by atoms with Gasteiger partial charge in [0.05, 0.1) is 0 Å². The molecule has 0 bridgehead atoms. The first-order valence-electron chi connectivity index (χ1n) is 4.85. The molecule has 3 nitrogen and oxygen atoms in total. The predicted molar refractivity (Wildman–Crippen MR) is 56.2 cm³/mol. The number of hydrogen-bond acceptors (Lipinski definition) is 2. The van der Waals surface area contributed by atoms with Gasteiger partial charge in [0.1, 0.15) is 0 Å². The van der Waals surface area contributed by atoms with Crippen LogP contribution in [0.25, 0.3) is 0 Å². The highest BCUT2D eigenvalue weighted by atomic mass is 16.2. The van der Waals surface area contributed by atoms with Gasteiger partial charge in [-0.05, 0) is 6.42 Å². The molecule has 1 aliphatic heterocycles. The van der Waals surface area contributed by atoms with Gasteiger partial charge in [-0.1, -0.05) is 30.3 Å². The Bertz CT molecular complexity index is 421. The molecule has 0 unspecified atom stereocenters. The summed E-state index contributed by atoms with van der Waals surface area (Å²) < 4.78 is 0. The van der Waals surface area contributed by atoms with E-state index in [9.17, 15) is 9.59 Å². The molecule has 1 fully saturated rings. The van der Waals surface area contributed by atoms with Crippen molar-refractivity contribution in [3.8, 4) is 0 Å². The van der Waals surface area contributed by atoms with E-state index in [0.717, 1.165) is 0 Å². The number of carbonyl (C=O) groups excluding carboxylic acids is 2. The number of amides is 1. The van der Waals surface area contributed by atoms with Gasteiger partial charge in [-0.25, -0.2) is 0 Å². The second-order valence-corrected chi connectivity index (χ2v) is 3.45. The van der Waals surface area contributed by atoms with Gasteiger partial charge in [-0.2, -0.15) is 0 Å². The number of allylic oxidation sites excluding steroid dienone is 2. The number of ketones is 1. The van der Waals surface area contributed by atoms with E-state index in [4.69, 9.17) is 0 Å². The maximum Gasteiger partial charge on any atom is 0.224 e. The van der Waals surface area contributed by atoms with Crippen molar-refractivity contribution in [1.29, 1.82) is 0 Å². The number of nitrogens with one attached hydrogen (secondary N) is 1. The maximum atomic E-state index is 11.7. The molecular weight excluding hydrogens is 190 g/mol. The molecule has 0 spiro atoms. The largest absolute Gasteiger partial charge is 0.330 e. The molecule has 2 rings (SSSR count). The van der Waals surface area contributed by atoms with Crippen LogP contribution in [0.2, 0.25) is 0 Å². The highest BCUT2D eigenvalue weighted by molar-refractivity contribution is 6.05. The molecule has 1 heterocycles. The molecule has 1 saturated heterocycles. The van der Waals surface area contributed by atoms with Gasteiger partial charge in [0.15, 0.2) is 5.78 Å². The lowest BCUT2D eigenvalue weighted by Crippen LogP contribution is -2.13. The molecule has 0 radical (unpaired) electrons. The van der Waals surface area contributed by atoms with Crippen molar-refractivity contribution in [2.45, 2.75) is 12.8 Å². The second-order valence-electron chi connectivity index (χ2n) is 3.45. The fourth-order valence-electron chi connectivity index (χ4n) is 1.50. The summed E-state index contributed by atoms with van der Waals surface area (Å²) in [6, 6.07) is 9.02. The minimum Gasteiger partial charge on any atom is -0.330 e. The Balaban J connectivity index is 2.13. The molecule has 0 saturated carbocycles. The quantitative estimate of drug-likeness (QED) is 0.584. The molecule has 1 amide bonds. The highest BCUT2D eigenvalue weighted by Crippen LogP contribution is 2.11. The number of rotatable bonds is 2. The summed E-state index contributed by atoms with van der Waals surface area (Å²) >= 11 is 0. The van der Waals surface area contributed by atoms with E-state index < -0.39 is 0 Å². The fourth-order valence-corrected chi connectivity index (χ4v) is 1.50. The van der Waals surface area contributed by atoms with Crippen molar-refractivity contribution in [1.82, 2.24) is 5.32 Å². The molecule has 1 aromatic carbocycles. The van der Waals surface area contributed by atoms with Gasteiger partial charge in [-0.3, -0.25) is 9.59 Å². The zero-order chi connectivity index (χ0) is 10.7. The smallest absolute Gasteiger partial charge is 0.224 e. The van der Waals surface area contributed by atoms with E-state index in [1.807, 2.05) is 18.2 Å². The SMILES string of the molecule is O=C1CC/C(=C\C(=O)c2ccccc2)N1. The van der Waals surface area contributed by atoms with Crippen LogP contribution in [0.15, 0.2) is 42.1 Å². The van der Waals surface area contributed by atoms with Gasteiger partial charge < -0.3 is 5.32 Å². The van der Waals surface area contributed by atoms with Crippen molar-refractivity contribution in [3.05, 3.63) is 47.7 Å². The third kappa shape index (κ3) is 2.31. The summed E-state index contributed by atoms with van der Waals surface area (Å²) in [5.41, 5.74) is 1.36. The molecule has 0 aliphatic carbocycles. The Morgan fingerprint density at radius 3 is 2.53 bits per heavy atom. The first kappa shape index (κ1) is 9.65. The van der Waals surface area contributed by atoms with E-state index in [0.29, 0.717) is 24.1 Å². The lowest BCUT2D eigenvalue weighted by molar-refractivity contribution is -0.118. The predicted octanol–water partition coefficient (Wildman–Crippen LogP) is 1.66. The Morgan fingerprint density at radius 1 is 1.20 bits per heavy atom. The van der Waals surface area contributed by atoms with Crippen LogP contribution in [-0.4, -0.2) is 11.7 Å². The van der Waals surface area contributed by atoms with Crippen LogP contribution in [0.4, 0.5) is 0 Å². The van der Waals surface area contributed by atoms with Gasteiger partial charge in [0.25, 0.3) is 0 Å². The van der Waals surface area contributed by atoms with Gasteiger partial charge in [0.2, 0.25) is 5.91 Å². The lowest BCUT2D eigenvalue weighted by atomic mass is 10.1. The standard InChI is InChI=1S/C12H11NO2/c14-11(9-4-2-1-3-5-9)8-10-6-7-12(15)13-10/h1-5,8H,6-7H2,(H,13,15)/b10-8+. The normalized spacial score (nSPS) is 17.9. The summed E-state index contributed by atoms with van der Waals surface area (Å²) in [5, 5.41) is 2.66. The summed E-state index contributed by atoms with van der Waals surface area (Å²) in [6.07, 6.45) is 2.62. The van der Waals surface area contributed by atoms with Gasteiger partial charge in [0, 0.05) is 23.8 Å². The number of carbonyl (C=O) groups is 2. The van der Waals surface area contributed by atoms with Crippen molar-refractivity contribution in [2.75, 3.05) is 0 Å². The van der Waals surface area contributed by atoms with Crippen LogP contribution in [0.3, 0.4) is 0 Å². The van der Waals surface area contributed by atoms with E-state index in [-0.39, 0.29) is 11.7 Å². The summed E-state index contributed by atoms with van der Waals surface area (Å²) in [4.78, 5) is 22.6. The fraction of sp³-hybridized carbons (Fsp3) is 0.167. The van der Waals surface area contributed by atoms with Crippen LogP contribution in [0.5, 0.6) is 0 Å². The van der Waals surface area contributed by atoms with Crippen molar-refractivity contribution >= 4 is 11.7 Å². The van der Waals surface area contributed by atoms with E-state index in [1.165, 1.54) is 6.08 Å². The molecule has 3 heteroatoms. The average Bonchev–Trinajstić information content (AvgIpc) is 2.65. The Kier molecular flexibility index (Phi) is 2.63. The third-order valence-electron chi connectivity index (χ3n) is 2.29. The minimum atomic E-state index is -0.0622. The first-order valence-corrected chi connectivity index (χ1v) is 4.85. The minimum absolute atomic E-state index is 0.0119. The van der Waals surface area contributed by atoms with Crippen molar-refractivity contribution in [3.63, 3.8) is 0 Å². The van der Waals surface area contributed by atoms with E-state index in [2.05, 4.69) is 5.32 Å².